The van der Waals surface area contributed by atoms with Crippen molar-refractivity contribution in [1.29, 1.82) is 0 Å². The number of ether oxygens (including phenoxy) is 1. The maximum absolute atomic E-state index is 11.8. The number of anilines is 2. The van der Waals surface area contributed by atoms with Gasteiger partial charge in [0.25, 0.3) is 0 Å². The molecule has 1 aromatic carbocycles. The van der Waals surface area contributed by atoms with Crippen molar-refractivity contribution in [2.75, 3.05) is 17.7 Å². The van der Waals surface area contributed by atoms with Crippen LogP contribution in [0.5, 0.6) is 0 Å². The summed E-state index contributed by atoms with van der Waals surface area (Å²) >= 11 is 0. The number of nitrogens with two attached hydrogens (primary N) is 1. The molecule has 1 rings (SSSR count). The molecule has 1 aromatic rings. The number of rotatable bonds is 4. The lowest BCUT2D eigenvalue weighted by molar-refractivity contribution is -0.118. The highest BCUT2D eigenvalue weighted by Crippen LogP contribution is 2.16. The van der Waals surface area contributed by atoms with E-state index >= 15 is 0 Å². The van der Waals surface area contributed by atoms with Gasteiger partial charge in [-0.2, -0.15) is 0 Å². The van der Waals surface area contributed by atoms with Crippen molar-refractivity contribution in [3.63, 3.8) is 0 Å². The first-order valence-corrected chi connectivity index (χ1v) is 5.95. The molecule has 0 radical (unpaired) electrons. The van der Waals surface area contributed by atoms with Crippen LogP contribution in [-0.2, 0) is 9.53 Å². The molecular weight excluding hydrogens is 246 g/mol. The molecule has 0 fully saturated rings. The van der Waals surface area contributed by atoms with Gasteiger partial charge in [-0.3, -0.25) is 10.1 Å². The fourth-order valence-corrected chi connectivity index (χ4v) is 1.37. The van der Waals surface area contributed by atoms with Gasteiger partial charge in [-0.05, 0) is 24.1 Å². The van der Waals surface area contributed by atoms with Crippen molar-refractivity contribution < 1.29 is 14.3 Å². The average molecular weight is 265 g/mol. The van der Waals surface area contributed by atoms with Gasteiger partial charge in [0.15, 0.2) is 0 Å². The third-order valence-electron chi connectivity index (χ3n) is 2.58. The van der Waals surface area contributed by atoms with Crippen molar-refractivity contribution in [2.24, 2.45) is 11.7 Å². The molecule has 4 N–H and O–H groups in total. The minimum absolute atomic E-state index is 0.0522. The maximum Gasteiger partial charge on any atom is 0.411 e. The van der Waals surface area contributed by atoms with Gasteiger partial charge in [0.2, 0.25) is 5.91 Å². The molecule has 6 heteroatoms. The minimum Gasteiger partial charge on any atom is -0.453 e. The Kier molecular flexibility index (Phi) is 5.32. The van der Waals surface area contributed by atoms with Gasteiger partial charge in [0, 0.05) is 11.4 Å². The van der Waals surface area contributed by atoms with Crippen LogP contribution in [0, 0.1) is 5.92 Å². The van der Waals surface area contributed by atoms with Crippen LogP contribution < -0.4 is 16.4 Å². The summed E-state index contributed by atoms with van der Waals surface area (Å²) in [4.78, 5) is 22.9. The van der Waals surface area contributed by atoms with Gasteiger partial charge < -0.3 is 15.8 Å². The quantitative estimate of drug-likeness (QED) is 0.773. The molecule has 0 bridgehead atoms. The van der Waals surface area contributed by atoms with Crippen LogP contribution in [0.4, 0.5) is 16.2 Å². The number of benzene rings is 1. The molecule has 6 nitrogen and oxygen atoms in total. The van der Waals surface area contributed by atoms with Crippen molar-refractivity contribution in [2.45, 2.75) is 19.9 Å². The Bertz CT molecular complexity index is 460. The number of carbonyl (C=O) groups is 2. The standard InChI is InChI=1S/C13H19N3O3/c1-8(2)11(14)12(17)15-9-5-4-6-10(7-9)16-13(18)19-3/h4-8,11H,14H2,1-3H3,(H,15,17)(H,16,18)/t11-/m1/s1. The first kappa shape index (κ1) is 15.0. The van der Waals surface area contributed by atoms with E-state index in [-0.39, 0.29) is 11.8 Å². The van der Waals surface area contributed by atoms with E-state index in [1.165, 1.54) is 7.11 Å². The molecule has 0 heterocycles. The van der Waals surface area contributed by atoms with Crippen LogP contribution in [0.3, 0.4) is 0 Å². The van der Waals surface area contributed by atoms with Gasteiger partial charge >= 0.3 is 6.09 Å². The Morgan fingerprint density at radius 1 is 1.21 bits per heavy atom. The lowest BCUT2D eigenvalue weighted by Crippen LogP contribution is -2.39. The molecule has 0 unspecified atom stereocenters. The van der Waals surface area contributed by atoms with Crippen LogP contribution >= 0.6 is 0 Å². The molecule has 19 heavy (non-hydrogen) atoms. The van der Waals surface area contributed by atoms with Gasteiger partial charge in [-0.25, -0.2) is 4.79 Å². The minimum atomic E-state index is -0.572. The van der Waals surface area contributed by atoms with E-state index in [9.17, 15) is 9.59 Å². The number of carbonyl (C=O) groups excluding carboxylic acids is 2. The highest BCUT2D eigenvalue weighted by Gasteiger charge is 2.17. The molecule has 0 saturated heterocycles. The molecule has 0 saturated carbocycles. The molecule has 0 aromatic heterocycles. The summed E-state index contributed by atoms with van der Waals surface area (Å²) in [6.45, 7) is 3.75. The smallest absolute Gasteiger partial charge is 0.411 e. The number of amides is 2. The Morgan fingerprint density at radius 2 is 1.79 bits per heavy atom. The molecule has 0 aliphatic rings. The number of nitrogens with one attached hydrogen (secondary N) is 2. The highest BCUT2D eigenvalue weighted by atomic mass is 16.5. The van der Waals surface area contributed by atoms with Crippen LogP contribution in [0.2, 0.25) is 0 Å². The molecule has 1 atom stereocenters. The molecule has 0 aliphatic carbocycles. The largest absolute Gasteiger partial charge is 0.453 e. The van der Waals surface area contributed by atoms with Crippen LogP contribution in [0.25, 0.3) is 0 Å². The van der Waals surface area contributed by atoms with E-state index in [1.54, 1.807) is 24.3 Å². The van der Waals surface area contributed by atoms with E-state index in [2.05, 4.69) is 15.4 Å². The second-order valence-corrected chi connectivity index (χ2v) is 4.46. The summed E-state index contributed by atoms with van der Waals surface area (Å²) in [5, 5.41) is 5.21. The summed E-state index contributed by atoms with van der Waals surface area (Å²) in [6, 6.07) is 6.17. The van der Waals surface area contributed by atoms with Gasteiger partial charge in [-0.15, -0.1) is 0 Å². The van der Waals surface area contributed by atoms with Crippen LogP contribution in [-0.4, -0.2) is 25.2 Å². The first-order chi connectivity index (χ1) is 8.93. The third kappa shape index (κ3) is 4.59. The topological polar surface area (TPSA) is 93.5 Å². The number of methoxy groups -OCH3 is 1. The van der Waals surface area contributed by atoms with E-state index in [1.807, 2.05) is 13.8 Å². The summed E-state index contributed by atoms with van der Waals surface area (Å²) in [5.74, 6) is -0.207. The van der Waals surface area contributed by atoms with Crippen LogP contribution in [0.1, 0.15) is 13.8 Å². The normalized spacial score (nSPS) is 11.8. The lowest BCUT2D eigenvalue weighted by Gasteiger charge is -2.15. The zero-order valence-electron chi connectivity index (χ0n) is 11.3. The highest BCUT2D eigenvalue weighted by molar-refractivity contribution is 5.95. The monoisotopic (exact) mass is 265 g/mol. The predicted octanol–water partition coefficient (Wildman–Crippen LogP) is 1.79. The predicted molar refractivity (Wildman–Crippen MR) is 73.9 cm³/mol. The fourth-order valence-electron chi connectivity index (χ4n) is 1.37. The molecule has 0 aliphatic heterocycles. The maximum atomic E-state index is 11.8. The fraction of sp³-hybridized carbons (Fsp3) is 0.385. The average Bonchev–Trinajstić information content (AvgIpc) is 2.37. The molecule has 104 valence electrons. The summed E-state index contributed by atoms with van der Waals surface area (Å²) in [6.07, 6.45) is -0.567. The molecular formula is C13H19N3O3. The van der Waals surface area contributed by atoms with Crippen LogP contribution in [0.15, 0.2) is 24.3 Å². The van der Waals surface area contributed by atoms with E-state index < -0.39 is 12.1 Å². The third-order valence-corrected chi connectivity index (χ3v) is 2.58. The van der Waals surface area contributed by atoms with Crippen molar-refractivity contribution in [1.82, 2.24) is 0 Å². The van der Waals surface area contributed by atoms with Gasteiger partial charge in [0.1, 0.15) is 0 Å². The Morgan fingerprint density at radius 3 is 2.32 bits per heavy atom. The van der Waals surface area contributed by atoms with Gasteiger partial charge in [-0.1, -0.05) is 19.9 Å². The van der Waals surface area contributed by atoms with Crippen molar-refractivity contribution in [3.8, 4) is 0 Å². The Balaban J connectivity index is 2.72. The number of hydrogen-bond donors (Lipinski definition) is 3. The lowest BCUT2D eigenvalue weighted by atomic mass is 10.0. The molecule has 0 spiro atoms. The zero-order valence-corrected chi connectivity index (χ0v) is 11.3. The van der Waals surface area contributed by atoms with E-state index in [0.717, 1.165) is 0 Å². The first-order valence-electron chi connectivity index (χ1n) is 5.95. The Labute approximate surface area is 112 Å². The summed E-state index contributed by atoms with van der Waals surface area (Å²) in [7, 11) is 1.28. The molecule has 2 amide bonds. The van der Waals surface area contributed by atoms with Gasteiger partial charge in [0.05, 0.1) is 13.2 Å². The summed E-state index contributed by atoms with van der Waals surface area (Å²) < 4.78 is 4.49. The van der Waals surface area contributed by atoms with E-state index in [0.29, 0.717) is 11.4 Å². The van der Waals surface area contributed by atoms with Crippen molar-refractivity contribution in [3.05, 3.63) is 24.3 Å². The Hall–Kier alpha value is -2.08. The second-order valence-electron chi connectivity index (χ2n) is 4.46. The number of hydrogen-bond acceptors (Lipinski definition) is 4. The zero-order chi connectivity index (χ0) is 14.4. The second kappa shape index (κ2) is 6.75. The van der Waals surface area contributed by atoms with Crippen molar-refractivity contribution >= 4 is 23.4 Å². The van der Waals surface area contributed by atoms with E-state index in [4.69, 9.17) is 5.73 Å². The SMILES string of the molecule is COC(=O)Nc1cccc(NC(=O)[C@H](N)C(C)C)c1. The summed E-state index contributed by atoms with van der Waals surface area (Å²) in [5.41, 5.74) is 6.84.